The first-order valence-corrected chi connectivity index (χ1v) is 5.58. The second kappa shape index (κ2) is 4.33. The van der Waals surface area contributed by atoms with Crippen LogP contribution < -0.4 is 5.32 Å². The van der Waals surface area contributed by atoms with Crippen LogP contribution in [0.3, 0.4) is 0 Å². The summed E-state index contributed by atoms with van der Waals surface area (Å²) in [5.74, 6) is 1.09. The zero-order valence-corrected chi connectivity index (χ0v) is 9.24. The highest BCUT2D eigenvalue weighted by Gasteiger charge is 2.35. The van der Waals surface area contributed by atoms with Gasteiger partial charge in [-0.05, 0) is 19.3 Å². The number of nitrogens with zero attached hydrogens (tertiary/aromatic N) is 2. The predicted octanol–water partition coefficient (Wildman–Crippen LogP) is 0.467. The van der Waals surface area contributed by atoms with E-state index in [1.165, 1.54) is 6.42 Å². The highest BCUT2D eigenvalue weighted by Crippen LogP contribution is 2.30. The maximum absolute atomic E-state index is 9.26. The van der Waals surface area contributed by atoms with Crippen LogP contribution in [0.2, 0.25) is 0 Å². The number of rotatable bonds is 5. The maximum atomic E-state index is 9.26. The van der Waals surface area contributed by atoms with Crippen LogP contribution in [0, 0.1) is 0 Å². The summed E-state index contributed by atoms with van der Waals surface area (Å²) >= 11 is 0. The molecule has 0 aliphatic heterocycles. The van der Waals surface area contributed by atoms with E-state index in [4.69, 9.17) is 0 Å². The number of nitrogens with one attached hydrogen (secondary N) is 1. The SMILES string of the molecule is Cn1ccnc1CCNC1(CO)CCC1. The molecule has 1 fully saturated rings. The van der Waals surface area contributed by atoms with E-state index >= 15 is 0 Å². The second-order valence-corrected chi connectivity index (χ2v) is 4.42. The van der Waals surface area contributed by atoms with Crippen molar-refractivity contribution >= 4 is 0 Å². The number of hydrogen-bond donors (Lipinski definition) is 2. The van der Waals surface area contributed by atoms with Gasteiger partial charge in [0.05, 0.1) is 6.61 Å². The largest absolute Gasteiger partial charge is 0.394 e. The lowest BCUT2D eigenvalue weighted by Crippen LogP contribution is -2.54. The number of hydrogen-bond acceptors (Lipinski definition) is 3. The number of aliphatic hydroxyl groups excluding tert-OH is 1. The zero-order valence-electron chi connectivity index (χ0n) is 9.24. The van der Waals surface area contributed by atoms with Gasteiger partial charge in [-0.1, -0.05) is 0 Å². The molecule has 1 heterocycles. The Morgan fingerprint density at radius 2 is 2.40 bits per heavy atom. The predicted molar refractivity (Wildman–Crippen MR) is 58.6 cm³/mol. The maximum Gasteiger partial charge on any atom is 0.109 e. The molecular formula is C11H19N3O. The quantitative estimate of drug-likeness (QED) is 0.741. The van der Waals surface area contributed by atoms with Gasteiger partial charge in [0.1, 0.15) is 5.82 Å². The molecule has 1 aromatic heterocycles. The third-order valence-corrected chi connectivity index (χ3v) is 3.38. The summed E-state index contributed by atoms with van der Waals surface area (Å²) in [5.41, 5.74) is 0.0190. The molecule has 0 saturated heterocycles. The molecule has 0 spiro atoms. The normalized spacial score (nSPS) is 18.8. The molecule has 2 N–H and O–H groups in total. The lowest BCUT2D eigenvalue weighted by molar-refractivity contribution is 0.0893. The molecule has 4 nitrogen and oxygen atoms in total. The van der Waals surface area contributed by atoms with Gasteiger partial charge in [0.25, 0.3) is 0 Å². The van der Waals surface area contributed by atoms with Crippen LogP contribution >= 0.6 is 0 Å². The van der Waals surface area contributed by atoms with E-state index in [1.54, 1.807) is 0 Å². The second-order valence-electron chi connectivity index (χ2n) is 4.42. The molecule has 4 heteroatoms. The van der Waals surface area contributed by atoms with Crippen molar-refractivity contribution in [2.24, 2.45) is 7.05 Å². The van der Waals surface area contributed by atoms with Gasteiger partial charge in [0, 0.05) is 37.9 Å². The topological polar surface area (TPSA) is 50.1 Å². The fourth-order valence-electron chi connectivity index (χ4n) is 2.07. The summed E-state index contributed by atoms with van der Waals surface area (Å²) in [7, 11) is 2.01. The first-order valence-electron chi connectivity index (χ1n) is 5.58. The molecule has 0 aromatic carbocycles. The van der Waals surface area contributed by atoms with Gasteiger partial charge >= 0.3 is 0 Å². The monoisotopic (exact) mass is 209 g/mol. The van der Waals surface area contributed by atoms with Crippen molar-refractivity contribution in [1.29, 1.82) is 0 Å². The van der Waals surface area contributed by atoms with Crippen LogP contribution in [-0.4, -0.2) is 33.3 Å². The van der Waals surface area contributed by atoms with Crippen molar-refractivity contribution in [1.82, 2.24) is 14.9 Å². The van der Waals surface area contributed by atoms with Gasteiger partial charge in [-0.3, -0.25) is 0 Å². The Bertz CT molecular complexity index is 312. The van der Waals surface area contributed by atoms with Crippen LogP contribution in [-0.2, 0) is 13.5 Å². The van der Waals surface area contributed by atoms with Gasteiger partial charge < -0.3 is 15.0 Å². The third kappa shape index (κ3) is 2.21. The Morgan fingerprint density at radius 1 is 1.60 bits per heavy atom. The van der Waals surface area contributed by atoms with E-state index in [0.717, 1.165) is 31.6 Å². The van der Waals surface area contributed by atoms with Crippen LogP contribution in [0.1, 0.15) is 25.1 Å². The molecule has 0 radical (unpaired) electrons. The molecule has 0 atom stereocenters. The van der Waals surface area contributed by atoms with Gasteiger partial charge in [-0.2, -0.15) is 0 Å². The standard InChI is InChI=1S/C11H19N3O/c1-14-8-7-12-10(14)3-6-13-11(9-15)4-2-5-11/h7-8,13,15H,2-6,9H2,1H3. The molecule has 1 aliphatic carbocycles. The van der Waals surface area contributed by atoms with E-state index in [0.29, 0.717) is 0 Å². The van der Waals surface area contributed by atoms with Gasteiger partial charge in [0.15, 0.2) is 0 Å². The molecule has 0 unspecified atom stereocenters. The first kappa shape index (κ1) is 10.6. The molecular weight excluding hydrogens is 190 g/mol. The fourth-order valence-corrected chi connectivity index (χ4v) is 2.07. The van der Waals surface area contributed by atoms with E-state index < -0.39 is 0 Å². The van der Waals surface area contributed by atoms with Crippen molar-refractivity contribution in [2.75, 3.05) is 13.2 Å². The minimum absolute atomic E-state index is 0.0190. The van der Waals surface area contributed by atoms with E-state index in [-0.39, 0.29) is 12.1 Å². The van der Waals surface area contributed by atoms with Gasteiger partial charge in [-0.25, -0.2) is 4.98 Å². The smallest absolute Gasteiger partial charge is 0.109 e. The van der Waals surface area contributed by atoms with Crippen molar-refractivity contribution < 1.29 is 5.11 Å². The highest BCUT2D eigenvalue weighted by molar-refractivity contribution is 4.97. The van der Waals surface area contributed by atoms with Crippen LogP contribution in [0.5, 0.6) is 0 Å². The lowest BCUT2D eigenvalue weighted by atomic mass is 9.77. The minimum Gasteiger partial charge on any atom is -0.394 e. The van der Waals surface area contributed by atoms with E-state index in [9.17, 15) is 5.11 Å². The number of aryl methyl sites for hydroxylation is 1. The third-order valence-electron chi connectivity index (χ3n) is 3.38. The fraction of sp³-hybridized carbons (Fsp3) is 0.727. The summed E-state index contributed by atoms with van der Waals surface area (Å²) in [4.78, 5) is 4.27. The zero-order chi connectivity index (χ0) is 10.7. The first-order chi connectivity index (χ1) is 7.26. The lowest BCUT2D eigenvalue weighted by Gasteiger charge is -2.41. The minimum atomic E-state index is 0.0190. The average Bonchev–Trinajstić information content (AvgIpc) is 2.57. The number of aliphatic hydroxyl groups is 1. The van der Waals surface area contributed by atoms with E-state index in [1.807, 2.05) is 24.0 Å². The van der Waals surface area contributed by atoms with Crippen molar-refractivity contribution in [2.45, 2.75) is 31.2 Å². The Kier molecular flexibility index (Phi) is 3.07. The Balaban J connectivity index is 1.77. The number of imidazole rings is 1. The van der Waals surface area contributed by atoms with Gasteiger partial charge in [-0.15, -0.1) is 0 Å². The Morgan fingerprint density at radius 3 is 2.87 bits per heavy atom. The summed E-state index contributed by atoms with van der Waals surface area (Å²) in [6, 6.07) is 0. The molecule has 15 heavy (non-hydrogen) atoms. The van der Waals surface area contributed by atoms with Crippen LogP contribution in [0.25, 0.3) is 0 Å². The summed E-state index contributed by atoms with van der Waals surface area (Å²) in [6.45, 7) is 1.15. The molecule has 1 aliphatic rings. The highest BCUT2D eigenvalue weighted by atomic mass is 16.3. The summed E-state index contributed by atoms with van der Waals surface area (Å²) in [6.07, 6.45) is 8.14. The Labute approximate surface area is 90.3 Å². The van der Waals surface area contributed by atoms with Crippen molar-refractivity contribution in [3.8, 4) is 0 Å². The summed E-state index contributed by atoms with van der Waals surface area (Å²) < 4.78 is 2.04. The van der Waals surface area contributed by atoms with Gasteiger partial charge in [0.2, 0.25) is 0 Å². The van der Waals surface area contributed by atoms with Crippen molar-refractivity contribution in [3.05, 3.63) is 18.2 Å². The molecule has 1 saturated carbocycles. The molecule has 0 amide bonds. The molecule has 84 valence electrons. The summed E-state index contributed by atoms with van der Waals surface area (Å²) in [5, 5.41) is 12.7. The average molecular weight is 209 g/mol. The molecule has 0 bridgehead atoms. The van der Waals surface area contributed by atoms with Crippen molar-refractivity contribution in [3.63, 3.8) is 0 Å². The van der Waals surface area contributed by atoms with E-state index in [2.05, 4.69) is 10.3 Å². The van der Waals surface area contributed by atoms with Crippen LogP contribution in [0.4, 0.5) is 0 Å². The molecule has 2 rings (SSSR count). The van der Waals surface area contributed by atoms with Crippen LogP contribution in [0.15, 0.2) is 12.4 Å². The number of aromatic nitrogens is 2. The Hall–Kier alpha value is -0.870. The molecule has 1 aromatic rings.